The molecule has 1 aliphatic carbocycles. The molecule has 1 N–H and O–H groups in total. The molecule has 92 valence electrons. The number of amides is 1. The molecule has 1 atom stereocenters. The Hall–Kier alpha value is -0.580. The first kappa shape index (κ1) is 12.9. The second-order valence-electron chi connectivity index (χ2n) is 3.76. The fraction of sp³-hybridized carbons (Fsp3) is 0.300. The SMILES string of the molecule is O=C(Nc1cc(F)cc(Cl)c1F)C1CC1(Cl)Cl. The van der Waals surface area contributed by atoms with Crippen LogP contribution in [0.15, 0.2) is 12.1 Å². The van der Waals surface area contributed by atoms with Gasteiger partial charge in [0.15, 0.2) is 5.82 Å². The van der Waals surface area contributed by atoms with Gasteiger partial charge in [0.25, 0.3) is 0 Å². The van der Waals surface area contributed by atoms with Crippen molar-refractivity contribution in [1.82, 2.24) is 0 Å². The summed E-state index contributed by atoms with van der Waals surface area (Å²) in [4.78, 5) is 11.6. The Morgan fingerprint density at radius 2 is 2.00 bits per heavy atom. The summed E-state index contributed by atoms with van der Waals surface area (Å²) in [5.74, 6) is -2.81. The highest BCUT2D eigenvalue weighted by molar-refractivity contribution is 6.52. The number of anilines is 1. The van der Waals surface area contributed by atoms with E-state index in [1.165, 1.54) is 0 Å². The molecule has 7 heteroatoms. The quantitative estimate of drug-likeness (QED) is 0.654. The first-order valence-electron chi connectivity index (χ1n) is 4.64. The van der Waals surface area contributed by atoms with E-state index < -0.39 is 32.8 Å². The first-order valence-corrected chi connectivity index (χ1v) is 5.78. The lowest BCUT2D eigenvalue weighted by Gasteiger charge is -2.07. The van der Waals surface area contributed by atoms with Crippen LogP contribution in [0.1, 0.15) is 6.42 Å². The van der Waals surface area contributed by atoms with E-state index in [0.717, 1.165) is 12.1 Å². The lowest BCUT2D eigenvalue weighted by molar-refractivity contribution is -0.117. The number of nitrogens with one attached hydrogen (secondary N) is 1. The Kier molecular flexibility index (Phi) is 3.23. The maximum atomic E-state index is 13.4. The summed E-state index contributed by atoms with van der Waals surface area (Å²) in [6, 6.07) is 1.66. The number of alkyl halides is 2. The van der Waals surface area contributed by atoms with Gasteiger partial charge in [-0.15, -0.1) is 23.2 Å². The largest absolute Gasteiger partial charge is 0.323 e. The lowest BCUT2D eigenvalue weighted by atomic mass is 10.2. The number of benzene rings is 1. The van der Waals surface area contributed by atoms with Gasteiger partial charge in [-0.1, -0.05) is 11.6 Å². The van der Waals surface area contributed by atoms with E-state index in [1.807, 2.05) is 0 Å². The van der Waals surface area contributed by atoms with E-state index in [1.54, 1.807) is 0 Å². The lowest BCUT2D eigenvalue weighted by Crippen LogP contribution is -2.17. The normalized spacial score (nSPS) is 21.1. The maximum absolute atomic E-state index is 13.4. The number of halogens is 5. The van der Waals surface area contributed by atoms with E-state index in [9.17, 15) is 13.6 Å². The molecular weight excluding hydrogens is 294 g/mol. The van der Waals surface area contributed by atoms with Crippen LogP contribution in [-0.4, -0.2) is 10.2 Å². The summed E-state index contributed by atoms with van der Waals surface area (Å²) in [7, 11) is 0. The monoisotopic (exact) mass is 299 g/mol. The zero-order valence-electron chi connectivity index (χ0n) is 8.24. The highest BCUT2D eigenvalue weighted by Crippen LogP contribution is 2.53. The zero-order chi connectivity index (χ0) is 12.8. The van der Waals surface area contributed by atoms with Crippen LogP contribution < -0.4 is 5.32 Å². The molecule has 1 aliphatic rings. The van der Waals surface area contributed by atoms with Crippen molar-refractivity contribution in [2.75, 3.05) is 5.32 Å². The van der Waals surface area contributed by atoms with Crippen molar-refractivity contribution >= 4 is 46.4 Å². The molecule has 0 heterocycles. The number of hydrogen-bond acceptors (Lipinski definition) is 1. The molecule has 2 nitrogen and oxygen atoms in total. The zero-order valence-corrected chi connectivity index (χ0v) is 10.5. The topological polar surface area (TPSA) is 29.1 Å². The molecule has 1 aromatic carbocycles. The smallest absolute Gasteiger partial charge is 0.230 e. The molecule has 0 saturated heterocycles. The van der Waals surface area contributed by atoms with Crippen molar-refractivity contribution in [2.24, 2.45) is 5.92 Å². The van der Waals surface area contributed by atoms with Gasteiger partial charge in [0.05, 0.1) is 16.6 Å². The van der Waals surface area contributed by atoms with Gasteiger partial charge in [-0.05, 0) is 12.5 Å². The first-order chi connectivity index (χ1) is 7.81. The van der Waals surface area contributed by atoms with E-state index in [0.29, 0.717) is 0 Å². The summed E-state index contributed by atoms with van der Waals surface area (Å²) in [6.07, 6.45) is 0.284. The van der Waals surface area contributed by atoms with Crippen LogP contribution in [0.5, 0.6) is 0 Å². The summed E-state index contributed by atoms with van der Waals surface area (Å²) in [5, 5.41) is 1.80. The maximum Gasteiger partial charge on any atom is 0.230 e. The average molecular weight is 301 g/mol. The van der Waals surface area contributed by atoms with Crippen LogP contribution >= 0.6 is 34.8 Å². The van der Waals surface area contributed by atoms with Crippen molar-refractivity contribution in [3.8, 4) is 0 Å². The molecule has 1 aromatic rings. The fourth-order valence-electron chi connectivity index (χ4n) is 1.36. The van der Waals surface area contributed by atoms with E-state index >= 15 is 0 Å². The van der Waals surface area contributed by atoms with E-state index in [2.05, 4.69) is 5.32 Å². The molecule has 17 heavy (non-hydrogen) atoms. The van der Waals surface area contributed by atoms with Crippen LogP contribution in [0.25, 0.3) is 0 Å². The van der Waals surface area contributed by atoms with E-state index in [4.69, 9.17) is 34.8 Å². The highest BCUT2D eigenvalue weighted by atomic mass is 35.5. The minimum atomic E-state index is -1.11. The molecule has 0 aromatic heterocycles. The Morgan fingerprint density at radius 3 is 2.53 bits per heavy atom. The Balaban J connectivity index is 2.17. The number of carbonyl (C=O) groups excluding carboxylic acids is 1. The van der Waals surface area contributed by atoms with Gasteiger partial charge in [-0.2, -0.15) is 0 Å². The van der Waals surface area contributed by atoms with Gasteiger partial charge < -0.3 is 5.32 Å². The van der Waals surface area contributed by atoms with Gasteiger partial charge >= 0.3 is 0 Å². The molecule has 0 radical (unpaired) electrons. The molecule has 2 rings (SSSR count). The van der Waals surface area contributed by atoms with Gasteiger partial charge in [0.1, 0.15) is 10.2 Å². The van der Waals surface area contributed by atoms with Crippen molar-refractivity contribution in [1.29, 1.82) is 0 Å². The molecule has 1 fully saturated rings. The van der Waals surface area contributed by atoms with Crippen molar-refractivity contribution in [3.63, 3.8) is 0 Å². The third-order valence-corrected chi connectivity index (χ3v) is 3.50. The molecule has 1 amide bonds. The number of rotatable bonds is 2. The molecular formula is C10H6Cl3F2NO. The van der Waals surface area contributed by atoms with Crippen LogP contribution in [0.3, 0.4) is 0 Å². The van der Waals surface area contributed by atoms with Gasteiger partial charge in [0, 0.05) is 6.07 Å². The minimum Gasteiger partial charge on any atom is -0.323 e. The second kappa shape index (κ2) is 4.26. The van der Waals surface area contributed by atoms with Crippen molar-refractivity contribution < 1.29 is 13.6 Å². The van der Waals surface area contributed by atoms with E-state index in [-0.39, 0.29) is 12.1 Å². The van der Waals surface area contributed by atoms with Crippen LogP contribution in [-0.2, 0) is 4.79 Å². The highest BCUT2D eigenvalue weighted by Gasteiger charge is 2.56. The Labute approximate surface area is 111 Å². The molecule has 0 bridgehead atoms. The molecule has 1 saturated carbocycles. The molecule has 1 unspecified atom stereocenters. The number of hydrogen-bond donors (Lipinski definition) is 1. The van der Waals surface area contributed by atoms with Crippen molar-refractivity contribution in [2.45, 2.75) is 10.8 Å². The molecule has 0 spiro atoms. The summed E-state index contributed by atoms with van der Waals surface area (Å²) < 4.78 is 25.3. The third kappa shape index (κ3) is 2.64. The van der Waals surface area contributed by atoms with Gasteiger partial charge in [-0.3, -0.25) is 4.79 Å². The van der Waals surface area contributed by atoms with Crippen molar-refractivity contribution in [3.05, 3.63) is 28.8 Å². The predicted octanol–water partition coefficient (Wildman–Crippen LogP) is 3.75. The Bertz CT molecular complexity index is 493. The van der Waals surface area contributed by atoms with Gasteiger partial charge in [-0.25, -0.2) is 8.78 Å². The second-order valence-corrected chi connectivity index (χ2v) is 5.71. The van der Waals surface area contributed by atoms with Crippen LogP contribution in [0.4, 0.5) is 14.5 Å². The summed E-state index contributed by atoms with van der Waals surface area (Å²) in [6.45, 7) is 0. The molecule has 0 aliphatic heterocycles. The third-order valence-electron chi connectivity index (χ3n) is 2.39. The minimum absolute atomic E-state index is 0.284. The predicted molar refractivity (Wildman–Crippen MR) is 62.5 cm³/mol. The van der Waals surface area contributed by atoms with Gasteiger partial charge in [0.2, 0.25) is 5.91 Å². The van der Waals surface area contributed by atoms with Crippen LogP contribution in [0.2, 0.25) is 5.02 Å². The average Bonchev–Trinajstić information content (AvgIpc) is 2.83. The number of carbonyl (C=O) groups is 1. The Morgan fingerprint density at radius 1 is 1.41 bits per heavy atom. The fourth-order valence-corrected chi connectivity index (χ4v) is 2.08. The summed E-state index contributed by atoms with van der Waals surface area (Å²) >= 11 is 16.8. The van der Waals surface area contributed by atoms with Crippen LogP contribution in [0, 0.1) is 17.6 Å². The standard InChI is InChI=1S/C10H6Cl3F2NO/c11-6-1-4(14)2-7(8(6)15)16-9(17)5-3-10(5,12)13/h1-2,5H,3H2,(H,16,17). The summed E-state index contributed by atoms with van der Waals surface area (Å²) in [5.41, 5.74) is -0.323.